The van der Waals surface area contributed by atoms with Gasteiger partial charge in [-0.05, 0) is 30.8 Å². The molecule has 0 spiro atoms. The van der Waals surface area contributed by atoms with E-state index in [1.807, 2.05) is 42.5 Å². The van der Waals surface area contributed by atoms with Gasteiger partial charge in [0.15, 0.2) is 0 Å². The lowest BCUT2D eigenvalue weighted by molar-refractivity contribution is 0.313. The predicted octanol–water partition coefficient (Wildman–Crippen LogP) is 3.24. The number of hydrogen-bond acceptors (Lipinski definition) is 2. The van der Waals surface area contributed by atoms with E-state index >= 15 is 0 Å². The van der Waals surface area contributed by atoms with E-state index in [1.54, 1.807) is 6.07 Å². The van der Waals surface area contributed by atoms with Gasteiger partial charge in [-0.25, -0.2) is 4.39 Å². The number of benzene rings is 2. The molecule has 2 aromatic rings. The predicted molar refractivity (Wildman–Crippen MR) is 81.5 cm³/mol. The van der Waals surface area contributed by atoms with Crippen molar-refractivity contribution in [1.29, 1.82) is 0 Å². The maximum atomic E-state index is 14.3. The second-order valence-corrected chi connectivity index (χ2v) is 5.32. The van der Waals surface area contributed by atoms with E-state index in [-0.39, 0.29) is 5.82 Å². The molecule has 0 aliphatic carbocycles. The Morgan fingerprint density at radius 2 is 1.60 bits per heavy atom. The van der Waals surface area contributed by atoms with Gasteiger partial charge < -0.3 is 9.80 Å². The number of hydrogen-bond donors (Lipinski definition) is 0. The van der Waals surface area contributed by atoms with Gasteiger partial charge in [-0.3, -0.25) is 0 Å². The first-order valence-electron chi connectivity index (χ1n) is 7.02. The molecule has 2 aromatic carbocycles. The van der Waals surface area contributed by atoms with Gasteiger partial charge >= 0.3 is 0 Å². The van der Waals surface area contributed by atoms with Gasteiger partial charge in [-0.2, -0.15) is 0 Å². The summed E-state index contributed by atoms with van der Waals surface area (Å²) in [6, 6.07) is 15.3. The van der Waals surface area contributed by atoms with Crippen molar-refractivity contribution < 1.29 is 4.39 Å². The maximum Gasteiger partial charge on any atom is 0.133 e. The minimum absolute atomic E-state index is 0.146. The van der Waals surface area contributed by atoms with E-state index in [1.165, 1.54) is 0 Å². The first-order chi connectivity index (χ1) is 9.74. The molecule has 1 saturated heterocycles. The first kappa shape index (κ1) is 13.1. The summed E-state index contributed by atoms with van der Waals surface area (Å²) in [5.41, 5.74) is 2.58. The minimum Gasteiger partial charge on any atom is -0.369 e. The van der Waals surface area contributed by atoms with Crippen LogP contribution < -0.4 is 4.90 Å². The van der Waals surface area contributed by atoms with Gasteiger partial charge in [0, 0.05) is 37.4 Å². The second-order valence-electron chi connectivity index (χ2n) is 5.32. The fraction of sp³-hybridized carbons (Fsp3) is 0.294. The highest BCUT2D eigenvalue weighted by Gasteiger charge is 2.15. The molecule has 104 valence electrons. The summed E-state index contributed by atoms with van der Waals surface area (Å²) in [4.78, 5) is 4.54. The third-order valence-corrected chi connectivity index (χ3v) is 3.91. The Balaban J connectivity index is 1.84. The zero-order chi connectivity index (χ0) is 13.9. The van der Waals surface area contributed by atoms with Crippen LogP contribution in [0.1, 0.15) is 0 Å². The summed E-state index contributed by atoms with van der Waals surface area (Å²) in [7, 11) is 2.12. The highest BCUT2D eigenvalue weighted by atomic mass is 19.1. The number of halogens is 1. The normalized spacial score (nSPS) is 16.4. The molecule has 1 heterocycles. The van der Waals surface area contributed by atoms with Crippen LogP contribution in [0.15, 0.2) is 48.5 Å². The molecule has 1 aliphatic rings. The number of anilines is 1. The summed E-state index contributed by atoms with van der Waals surface area (Å²) < 4.78 is 14.3. The highest BCUT2D eigenvalue weighted by Crippen LogP contribution is 2.27. The molecule has 0 aromatic heterocycles. The van der Waals surface area contributed by atoms with Crippen molar-refractivity contribution >= 4 is 5.69 Å². The standard InChI is InChI=1S/C17H19FN2/c1-19-9-11-20(12-10-19)15-7-8-16(17(18)13-15)14-5-3-2-4-6-14/h2-8,13H,9-12H2,1H3. The van der Waals surface area contributed by atoms with Crippen molar-refractivity contribution in [3.8, 4) is 11.1 Å². The van der Waals surface area contributed by atoms with Gasteiger partial charge in [0.1, 0.15) is 5.82 Å². The molecule has 3 rings (SSSR count). The quantitative estimate of drug-likeness (QED) is 0.826. The smallest absolute Gasteiger partial charge is 0.133 e. The van der Waals surface area contributed by atoms with Crippen LogP contribution in [0.5, 0.6) is 0 Å². The fourth-order valence-electron chi connectivity index (χ4n) is 2.62. The Labute approximate surface area is 119 Å². The Bertz CT molecular complexity index is 575. The van der Waals surface area contributed by atoms with Gasteiger partial charge in [0.25, 0.3) is 0 Å². The van der Waals surface area contributed by atoms with E-state index in [0.717, 1.165) is 37.4 Å². The third-order valence-electron chi connectivity index (χ3n) is 3.91. The van der Waals surface area contributed by atoms with E-state index in [0.29, 0.717) is 5.56 Å². The van der Waals surface area contributed by atoms with Crippen LogP contribution in [0.25, 0.3) is 11.1 Å². The number of rotatable bonds is 2. The molecule has 0 amide bonds. The van der Waals surface area contributed by atoms with Gasteiger partial charge in [0.2, 0.25) is 0 Å². The summed E-state index contributed by atoms with van der Waals surface area (Å²) in [6.45, 7) is 3.98. The number of nitrogens with zero attached hydrogens (tertiary/aromatic N) is 2. The average Bonchev–Trinajstić information content (AvgIpc) is 2.49. The third kappa shape index (κ3) is 2.68. The zero-order valence-corrected chi connectivity index (χ0v) is 11.7. The number of likely N-dealkylation sites (N-methyl/N-ethyl adjacent to an activating group) is 1. The molecule has 0 bridgehead atoms. The Morgan fingerprint density at radius 1 is 0.900 bits per heavy atom. The summed E-state index contributed by atoms with van der Waals surface area (Å²) in [5.74, 6) is -0.146. The van der Waals surface area contributed by atoms with Crippen molar-refractivity contribution in [1.82, 2.24) is 4.90 Å². The molecule has 0 saturated carbocycles. The minimum atomic E-state index is -0.146. The van der Waals surface area contributed by atoms with Crippen LogP contribution in [-0.4, -0.2) is 38.1 Å². The molecule has 1 fully saturated rings. The molecule has 20 heavy (non-hydrogen) atoms. The highest BCUT2D eigenvalue weighted by molar-refractivity contribution is 5.67. The monoisotopic (exact) mass is 270 g/mol. The lowest BCUT2D eigenvalue weighted by Gasteiger charge is -2.34. The topological polar surface area (TPSA) is 6.48 Å². The van der Waals surface area contributed by atoms with Crippen molar-refractivity contribution in [3.63, 3.8) is 0 Å². The van der Waals surface area contributed by atoms with E-state index in [4.69, 9.17) is 0 Å². The molecule has 0 radical (unpaired) electrons. The van der Waals surface area contributed by atoms with Gasteiger partial charge in [-0.15, -0.1) is 0 Å². The van der Waals surface area contributed by atoms with Gasteiger partial charge in [-0.1, -0.05) is 30.3 Å². The van der Waals surface area contributed by atoms with Crippen LogP contribution in [0.2, 0.25) is 0 Å². The lowest BCUT2D eigenvalue weighted by Crippen LogP contribution is -2.44. The van der Waals surface area contributed by atoms with Crippen LogP contribution in [0.4, 0.5) is 10.1 Å². The lowest BCUT2D eigenvalue weighted by atomic mass is 10.0. The molecule has 0 N–H and O–H groups in total. The average molecular weight is 270 g/mol. The fourth-order valence-corrected chi connectivity index (χ4v) is 2.62. The van der Waals surface area contributed by atoms with Crippen molar-refractivity contribution in [3.05, 3.63) is 54.3 Å². The molecule has 0 unspecified atom stereocenters. The zero-order valence-electron chi connectivity index (χ0n) is 11.7. The Kier molecular flexibility index (Phi) is 3.70. The molecule has 0 atom stereocenters. The maximum absolute atomic E-state index is 14.3. The summed E-state index contributed by atoms with van der Waals surface area (Å²) in [6.07, 6.45) is 0. The molecule has 3 heteroatoms. The second kappa shape index (κ2) is 5.63. The molecule has 1 aliphatic heterocycles. The van der Waals surface area contributed by atoms with Crippen LogP contribution in [0.3, 0.4) is 0 Å². The van der Waals surface area contributed by atoms with E-state index < -0.39 is 0 Å². The van der Waals surface area contributed by atoms with Crippen molar-refractivity contribution in [2.75, 3.05) is 38.1 Å². The van der Waals surface area contributed by atoms with Crippen LogP contribution >= 0.6 is 0 Å². The Morgan fingerprint density at radius 3 is 2.25 bits per heavy atom. The largest absolute Gasteiger partial charge is 0.369 e. The summed E-state index contributed by atoms with van der Waals surface area (Å²) >= 11 is 0. The molecular weight excluding hydrogens is 251 g/mol. The SMILES string of the molecule is CN1CCN(c2ccc(-c3ccccc3)c(F)c2)CC1. The first-order valence-corrected chi connectivity index (χ1v) is 7.02. The molecule has 2 nitrogen and oxygen atoms in total. The van der Waals surface area contributed by atoms with Crippen molar-refractivity contribution in [2.24, 2.45) is 0 Å². The van der Waals surface area contributed by atoms with Crippen molar-refractivity contribution in [2.45, 2.75) is 0 Å². The van der Waals surface area contributed by atoms with Gasteiger partial charge in [0.05, 0.1) is 0 Å². The Hall–Kier alpha value is -1.87. The van der Waals surface area contributed by atoms with Crippen LogP contribution in [0, 0.1) is 5.82 Å². The summed E-state index contributed by atoms with van der Waals surface area (Å²) in [5, 5.41) is 0. The number of piperazine rings is 1. The van der Waals surface area contributed by atoms with E-state index in [2.05, 4.69) is 16.8 Å². The van der Waals surface area contributed by atoms with E-state index in [9.17, 15) is 4.39 Å². The molecular formula is C17H19FN2. The van der Waals surface area contributed by atoms with Crippen LogP contribution in [-0.2, 0) is 0 Å².